The number of fused-ring (bicyclic) bond motifs is 3. The molecule has 5 nitrogen and oxygen atoms in total. The molecule has 3 aliphatic heterocycles. The summed E-state index contributed by atoms with van der Waals surface area (Å²) in [6, 6.07) is 0. The summed E-state index contributed by atoms with van der Waals surface area (Å²) in [5, 5.41) is 8.45. The SMILES string of the molecule is CC12COC(CCCOCO)(OC1)OC2. The molecule has 0 unspecified atom stereocenters. The van der Waals surface area contributed by atoms with Crippen LogP contribution in [0.3, 0.4) is 0 Å². The van der Waals surface area contributed by atoms with Gasteiger partial charge in [-0.05, 0) is 6.42 Å². The van der Waals surface area contributed by atoms with Crippen LogP contribution in [0.5, 0.6) is 0 Å². The molecule has 0 aromatic carbocycles. The van der Waals surface area contributed by atoms with Crippen LogP contribution in [-0.4, -0.2) is 44.3 Å². The fraction of sp³-hybridized carbons (Fsp3) is 1.00. The summed E-state index contributed by atoms with van der Waals surface area (Å²) < 4.78 is 21.6. The lowest BCUT2D eigenvalue weighted by Gasteiger charge is -2.50. The molecular formula is C10H18O5. The van der Waals surface area contributed by atoms with Crippen molar-refractivity contribution in [3.8, 4) is 0 Å². The first-order valence-electron chi connectivity index (χ1n) is 5.29. The van der Waals surface area contributed by atoms with E-state index in [1.807, 2.05) is 0 Å². The highest BCUT2D eigenvalue weighted by molar-refractivity contribution is 4.84. The Hall–Kier alpha value is -0.200. The van der Waals surface area contributed by atoms with E-state index in [2.05, 4.69) is 6.92 Å². The third kappa shape index (κ3) is 2.49. The van der Waals surface area contributed by atoms with Gasteiger partial charge in [0.1, 0.15) is 6.79 Å². The molecular weight excluding hydrogens is 200 g/mol. The maximum atomic E-state index is 8.45. The van der Waals surface area contributed by atoms with Crippen LogP contribution in [0.15, 0.2) is 0 Å². The summed E-state index contributed by atoms with van der Waals surface area (Å²) in [6.07, 6.45) is 1.39. The summed E-state index contributed by atoms with van der Waals surface area (Å²) >= 11 is 0. The monoisotopic (exact) mass is 218 g/mol. The van der Waals surface area contributed by atoms with Gasteiger partial charge in [0.2, 0.25) is 0 Å². The van der Waals surface area contributed by atoms with Gasteiger partial charge in [0, 0.05) is 18.4 Å². The number of hydrogen-bond acceptors (Lipinski definition) is 5. The molecule has 5 heteroatoms. The van der Waals surface area contributed by atoms with Crippen LogP contribution in [0.25, 0.3) is 0 Å². The van der Waals surface area contributed by atoms with Crippen molar-refractivity contribution in [1.29, 1.82) is 0 Å². The second-order valence-corrected chi connectivity index (χ2v) is 4.50. The zero-order chi connectivity index (χ0) is 10.8. The zero-order valence-electron chi connectivity index (χ0n) is 9.03. The highest BCUT2D eigenvalue weighted by atomic mass is 16.9. The Bertz CT molecular complexity index is 193. The Balaban J connectivity index is 1.77. The fourth-order valence-electron chi connectivity index (χ4n) is 1.77. The second kappa shape index (κ2) is 4.35. The van der Waals surface area contributed by atoms with Crippen molar-refractivity contribution in [3.05, 3.63) is 0 Å². The van der Waals surface area contributed by atoms with E-state index in [0.717, 1.165) is 6.42 Å². The zero-order valence-corrected chi connectivity index (χ0v) is 9.03. The maximum absolute atomic E-state index is 8.45. The van der Waals surface area contributed by atoms with E-state index in [9.17, 15) is 0 Å². The Morgan fingerprint density at radius 2 is 1.80 bits per heavy atom. The predicted octanol–water partition coefficient (Wildman–Crippen LogP) is 0.470. The smallest absolute Gasteiger partial charge is 0.283 e. The first-order valence-corrected chi connectivity index (χ1v) is 5.29. The Morgan fingerprint density at radius 3 is 2.33 bits per heavy atom. The summed E-state index contributed by atoms with van der Waals surface area (Å²) in [6.45, 7) is 4.40. The van der Waals surface area contributed by atoms with Crippen LogP contribution in [0.1, 0.15) is 19.8 Å². The van der Waals surface area contributed by atoms with Crippen molar-refractivity contribution in [2.24, 2.45) is 5.41 Å². The van der Waals surface area contributed by atoms with E-state index >= 15 is 0 Å². The summed E-state index contributed by atoms with van der Waals surface area (Å²) in [5.41, 5.74) is 0.0172. The van der Waals surface area contributed by atoms with Gasteiger partial charge in [-0.2, -0.15) is 0 Å². The van der Waals surface area contributed by atoms with Crippen molar-refractivity contribution in [3.63, 3.8) is 0 Å². The molecule has 15 heavy (non-hydrogen) atoms. The molecule has 3 rings (SSSR count). The minimum atomic E-state index is -0.851. The number of ether oxygens (including phenoxy) is 4. The minimum Gasteiger partial charge on any atom is -0.371 e. The molecule has 0 amide bonds. The molecule has 3 heterocycles. The lowest BCUT2D eigenvalue weighted by atomic mass is 9.91. The molecule has 0 aromatic rings. The average molecular weight is 218 g/mol. The van der Waals surface area contributed by atoms with E-state index in [4.69, 9.17) is 24.1 Å². The molecule has 3 aliphatic rings. The van der Waals surface area contributed by atoms with Crippen LogP contribution in [0.4, 0.5) is 0 Å². The average Bonchev–Trinajstić information content (AvgIpc) is 2.27. The first-order chi connectivity index (χ1) is 7.18. The Morgan fingerprint density at radius 1 is 1.20 bits per heavy atom. The molecule has 88 valence electrons. The number of aliphatic hydroxyl groups excluding tert-OH is 1. The first kappa shape index (κ1) is 11.3. The van der Waals surface area contributed by atoms with Gasteiger partial charge in [0.25, 0.3) is 5.97 Å². The summed E-state index contributed by atoms with van der Waals surface area (Å²) in [7, 11) is 0. The highest BCUT2D eigenvalue weighted by Crippen LogP contribution is 2.40. The van der Waals surface area contributed by atoms with Crippen LogP contribution in [0.2, 0.25) is 0 Å². The van der Waals surface area contributed by atoms with Gasteiger partial charge in [-0.15, -0.1) is 0 Å². The van der Waals surface area contributed by atoms with Crippen molar-refractivity contribution in [2.75, 3.05) is 33.2 Å². The molecule has 0 atom stereocenters. The number of hydrogen-bond donors (Lipinski definition) is 1. The van der Waals surface area contributed by atoms with Crippen LogP contribution in [-0.2, 0) is 18.9 Å². The third-order valence-corrected chi connectivity index (χ3v) is 2.78. The highest BCUT2D eigenvalue weighted by Gasteiger charge is 2.49. The van der Waals surface area contributed by atoms with Gasteiger partial charge < -0.3 is 24.1 Å². The summed E-state index contributed by atoms with van der Waals surface area (Å²) in [4.78, 5) is 0. The van der Waals surface area contributed by atoms with Crippen LogP contribution < -0.4 is 0 Å². The van der Waals surface area contributed by atoms with Crippen molar-refractivity contribution in [2.45, 2.75) is 25.7 Å². The van der Waals surface area contributed by atoms with Gasteiger partial charge >= 0.3 is 0 Å². The van der Waals surface area contributed by atoms with Crippen molar-refractivity contribution < 1.29 is 24.1 Å². The van der Waals surface area contributed by atoms with E-state index in [-0.39, 0.29) is 12.2 Å². The predicted molar refractivity (Wildman–Crippen MR) is 51.0 cm³/mol. The van der Waals surface area contributed by atoms with Crippen LogP contribution >= 0.6 is 0 Å². The molecule has 2 bridgehead atoms. The molecule has 3 fully saturated rings. The molecule has 0 aliphatic carbocycles. The van der Waals surface area contributed by atoms with Gasteiger partial charge in [0.15, 0.2) is 0 Å². The number of aliphatic hydroxyl groups is 1. The summed E-state index contributed by atoms with van der Waals surface area (Å²) in [5.74, 6) is -0.851. The fourth-order valence-corrected chi connectivity index (χ4v) is 1.77. The van der Waals surface area contributed by atoms with Gasteiger partial charge in [-0.25, -0.2) is 0 Å². The van der Waals surface area contributed by atoms with Gasteiger partial charge in [0.05, 0.1) is 19.8 Å². The second-order valence-electron chi connectivity index (χ2n) is 4.50. The lowest BCUT2D eigenvalue weighted by Crippen LogP contribution is -2.58. The van der Waals surface area contributed by atoms with E-state index in [1.165, 1.54) is 0 Å². The van der Waals surface area contributed by atoms with E-state index in [0.29, 0.717) is 32.8 Å². The van der Waals surface area contributed by atoms with E-state index in [1.54, 1.807) is 0 Å². The van der Waals surface area contributed by atoms with Crippen LogP contribution in [0, 0.1) is 5.41 Å². The standard InChI is InChI=1S/C10H18O5/c1-9-5-13-10(14-6-9,15-7-9)3-2-4-12-8-11/h11H,2-8H2,1H3. The van der Waals surface area contributed by atoms with Crippen molar-refractivity contribution >= 4 is 0 Å². The molecule has 0 aromatic heterocycles. The third-order valence-electron chi connectivity index (χ3n) is 2.78. The largest absolute Gasteiger partial charge is 0.371 e. The topological polar surface area (TPSA) is 57.2 Å². The van der Waals surface area contributed by atoms with Gasteiger partial charge in [-0.1, -0.05) is 6.92 Å². The maximum Gasteiger partial charge on any atom is 0.283 e. The number of rotatable bonds is 5. The lowest BCUT2D eigenvalue weighted by molar-refractivity contribution is -0.467. The molecule has 3 saturated heterocycles. The van der Waals surface area contributed by atoms with E-state index < -0.39 is 5.97 Å². The molecule has 0 radical (unpaired) electrons. The van der Waals surface area contributed by atoms with Gasteiger partial charge in [-0.3, -0.25) is 0 Å². The molecule has 0 saturated carbocycles. The Labute approximate surface area is 89.3 Å². The normalized spacial score (nSPS) is 39.6. The van der Waals surface area contributed by atoms with Crippen molar-refractivity contribution in [1.82, 2.24) is 0 Å². The quantitative estimate of drug-likeness (QED) is 0.537. The molecule has 0 spiro atoms. The minimum absolute atomic E-state index is 0.0172. The molecule has 1 N–H and O–H groups in total. The Kier molecular flexibility index (Phi) is 3.27.